The van der Waals surface area contributed by atoms with E-state index in [0.29, 0.717) is 10.6 Å². The highest BCUT2D eigenvalue weighted by Crippen LogP contribution is 2.39. The maximum absolute atomic E-state index is 12.2. The number of hydrogen-bond donors (Lipinski definition) is 1. The van der Waals surface area contributed by atoms with E-state index in [0.717, 1.165) is 14.2 Å². The predicted octanol–water partition coefficient (Wildman–Crippen LogP) is 4.78. The lowest BCUT2D eigenvalue weighted by Gasteiger charge is -2.19. The number of thiophene rings is 2. The van der Waals surface area contributed by atoms with Crippen LogP contribution in [0.15, 0.2) is 21.3 Å². The lowest BCUT2D eigenvalue weighted by molar-refractivity contribution is 0.00722. The number of carbonyl (C=O) groups is 1. The molecule has 0 spiro atoms. The van der Waals surface area contributed by atoms with Gasteiger partial charge in [-0.3, -0.25) is 0 Å². The Labute approximate surface area is 128 Å². The quantitative estimate of drug-likeness (QED) is 0.785. The predicted molar refractivity (Wildman–Crippen MR) is 84.9 cm³/mol. The summed E-state index contributed by atoms with van der Waals surface area (Å²) in [6.45, 7) is 5.53. The Kier molecular flexibility index (Phi) is 4.03. The van der Waals surface area contributed by atoms with Crippen molar-refractivity contribution in [2.24, 2.45) is 0 Å². The summed E-state index contributed by atoms with van der Waals surface area (Å²) in [7, 11) is 0. The van der Waals surface area contributed by atoms with Crippen molar-refractivity contribution in [2.75, 3.05) is 5.73 Å². The van der Waals surface area contributed by atoms with Gasteiger partial charge in [0.1, 0.15) is 16.2 Å². The fourth-order valence-corrected chi connectivity index (χ4v) is 3.84. The Morgan fingerprint density at radius 3 is 2.58 bits per heavy atom. The van der Waals surface area contributed by atoms with E-state index in [4.69, 9.17) is 10.5 Å². The van der Waals surface area contributed by atoms with Gasteiger partial charge in [0.25, 0.3) is 0 Å². The van der Waals surface area contributed by atoms with Crippen LogP contribution >= 0.6 is 38.6 Å². The number of anilines is 1. The second-order valence-electron chi connectivity index (χ2n) is 4.99. The molecule has 0 radical (unpaired) electrons. The highest BCUT2D eigenvalue weighted by atomic mass is 79.9. The molecule has 3 nitrogen and oxygen atoms in total. The summed E-state index contributed by atoms with van der Waals surface area (Å²) in [5.74, 6) is -0.370. The Morgan fingerprint density at radius 2 is 2.05 bits per heavy atom. The molecule has 6 heteroatoms. The minimum absolute atomic E-state index is 0.370. The van der Waals surface area contributed by atoms with Gasteiger partial charge in [-0.05, 0) is 48.8 Å². The summed E-state index contributed by atoms with van der Waals surface area (Å²) in [5, 5.41) is 2.39. The van der Waals surface area contributed by atoms with Crippen molar-refractivity contribution in [1.29, 1.82) is 0 Å². The van der Waals surface area contributed by atoms with E-state index in [1.165, 1.54) is 11.3 Å². The second kappa shape index (κ2) is 5.26. The molecule has 0 saturated carbocycles. The van der Waals surface area contributed by atoms with Crippen molar-refractivity contribution >= 4 is 49.6 Å². The third-order valence-corrected chi connectivity index (χ3v) is 4.73. The zero-order chi connectivity index (χ0) is 14.2. The molecule has 2 aromatic rings. The number of halogens is 1. The molecule has 0 aliphatic heterocycles. The summed E-state index contributed by atoms with van der Waals surface area (Å²) in [5.41, 5.74) is 6.69. The first kappa shape index (κ1) is 14.6. The van der Waals surface area contributed by atoms with Crippen LogP contribution < -0.4 is 5.73 Å². The van der Waals surface area contributed by atoms with Gasteiger partial charge in [0.05, 0.1) is 3.79 Å². The molecule has 0 fully saturated rings. The molecule has 2 N–H and O–H groups in total. The summed E-state index contributed by atoms with van der Waals surface area (Å²) in [6, 6.07) is 3.91. The van der Waals surface area contributed by atoms with Gasteiger partial charge in [-0.1, -0.05) is 0 Å². The molecule has 0 bridgehead atoms. The minimum atomic E-state index is -0.529. The van der Waals surface area contributed by atoms with Crippen molar-refractivity contribution in [3.63, 3.8) is 0 Å². The van der Waals surface area contributed by atoms with Crippen LogP contribution in [0, 0.1) is 0 Å². The van der Waals surface area contributed by atoms with E-state index in [1.54, 1.807) is 11.3 Å². The first-order valence-corrected chi connectivity index (χ1v) is 8.13. The van der Waals surface area contributed by atoms with Crippen molar-refractivity contribution in [1.82, 2.24) is 0 Å². The molecule has 2 rings (SSSR count). The standard InChI is InChI=1S/C13H14BrNO2S2/c1-13(2,3)17-12(16)10-7(6-18-11(10)15)8-4-5-9(14)19-8/h4-6H,15H2,1-3H3. The summed E-state index contributed by atoms with van der Waals surface area (Å²) in [4.78, 5) is 13.2. The van der Waals surface area contributed by atoms with E-state index in [2.05, 4.69) is 15.9 Å². The highest BCUT2D eigenvalue weighted by Gasteiger charge is 2.25. The Bertz CT molecular complexity index is 610. The number of carbonyl (C=O) groups excluding carboxylic acids is 1. The van der Waals surface area contributed by atoms with Gasteiger partial charge in [-0.2, -0.15) is 0 Å². The van der Waals surface area contributed by atoms with E-state index in [-0.39, 0.29) is 5.97 Å². The first-order valence-electron chi connectivity index (χ1n) is 5.64. The molecule has 102 valence electrons. The largest absolute Gasteiger partial charge is 0.456 e. The lowest BCUT2D eigenvalue weighted by Crippen LogP contribution is -2.24. The average molecular weight is 360 g/mol. The molecule has 0 aromatic carbocycles. The van der Waals surface area contributed by atoms with Crippen LogP contribution in [-0.4, -0.2) is 11.6 Å². The van der Waals surface area contributed by atoms with Crippen LogP contribution in [0.2, 0.25) is 0 Å². The van der Waals surface area contributed by atoms with Crippen LogP contribution in [0.5, 0.6) is 0 Å². The molecule has 19 heavy (non-hydrogen) atoms. The highest BCUT2D eigenvalue weighted by molar-refractivity contribution is 9.11. The van der Waals surface area contributed by atoms with Gasteiger partial charge in [0.2, 0.25) is 0 Å². The van der Waals surface area contributed by atoms with Crippen LogP contribution in [0.3, 0.4) is 0 Å². The van der Waals surface area contributed by atoms with Crippen molar-refractivity contribution in [2.45, 2.75) is 26.4 Å². The maximum Gasteiger partial charge on any atom is 0.342 e. The molecule has 2 aromatic heterocycles. The average Bonchev–Trinajstić information content (AvgIpc) is 2.81. The number of rotatable bonds is 2. The fourth-order valence-electron chi connectivity index (χ4n) is 1.55. The molecule has 0 aliphatic rings. The third kappa shape index (κ3) is 3.38. The van der Waals surface area contributed by atoms with Crippen molar-refractivity contribution in [3.8, 4) is 10.4 Å². The SMILES string of the molecule is CC(C)(C)OC(=O)c1c(-c2ccc(Br)s2)csc1N. The normalized spacial score (nSPS) is 11.6. The van der Waals surface area contributed by atoms with Gasteiger partial charge in [-0.25, -0.2) is 4.79 Å². The van der Waals surface area contributed by atoms with E-state index in [9.17, 15) is 4.79 Å². The maximum atomic E-state index is 12.2. The van der Waals surface area contributed by atoms with E-state index < -0.39 is 5.60 Å². The third-order valence-electron chi connectivity index (χ3n) is 2.26. The Balaban J connectivity index is 2.41. The van der Waals surface area contributed by atoms with Gasteiger partial charge in [0, 0.05) is 15.8 Å². The first-order chi connectivity index (χ1) is 8.78. The molecule has 0 atom stereocenters. The molecule has 0 unspecified atom stereocenters. The zero-order valence-corrected chi connectivity index (χ0v) is 14.0. The summed E-state index contributed by atoms with van der Waals surface area (Å²) < 4.78 is 6.43. The van der Waals surface area contributed by atoms with Gasteiger partial charge in [0.15, 0.2) is 0 Å². The number of ether oxygens (including phenoxy) is 1. The van der Waals surface area contributed by atoms with Crippen LogP contribution in [0.25, 0.3) is 10.4 Å². The van der Waals surface area contributed by atoms with Crippen LogP contribution in [-0.2, 0) is 4.74 Å². The van der Waals surface area contributed by atoms with E-state index >= 15 is 0 Å². The van der Waals surface area contributed by atoms with Crippen molar-refractivity contribution in [3.05, 3.63) is 26.9 Å². The number of esters is 1. The smallest absolute Gasteiger partial charge is 0.342 e. The zero-order valence-electron chi connectivity index (χ0n) is 10.8. The lowest BCUT2D eigenvalue weighted by atomic mass is 10.1. The summed E-state index contributed by atoms with van der Waals surface area (Å²) in [6.07, 6.45) is 0. The molecule has 0 aliphatic carbocycles. The molecule has 0 amide bonds. The molecular weight excluding hydrogens is 346 g/mol. The van der Waals surface area contributed by atoms with Gasteiger partial charge >= 0.3 is 5.97 Å². The fraction of sp³-hybridized carbons (Fsp3) is 0.308. The number of nitrogen functional groups attached to an aromatic ring is 1. The van der Waals surface area contributed by atoms with Crippen molar-refractivity contribution < 1.29 is 9.53 Å². The topological polar surface area (TPSA) is 52.3 Å². The minimum Gasteiger partial charge on any atom is -0.456 e. The summed E-state index contributed by atoms with van der Waals surface area (Å²) >= 11 is 6.34. The van der Waals surface area contributed by atoms with Crippen LogP contribution in [0.1, 0.15) is 31.1 Å². The molecular formula is C13H14BrNO2S2. The number of hydrogen-bond acceptors (Lipinski definition) is 5. The Morgan fingerprint density at radius 1 is 1.37 bits per heavy atom. The van der Waals surface area contributed by atoms with Gasteiger partial charge < -0.3 is 10.5 Å². The number of nitrogens with two attached hydrogens (primary N) is 1. The molecule has 0 saturated heterocycles. The Hall–Kier alpha value is -0.850. The van der Waals surface area contributed by atoms with Crippen LogP contribution in [0.4, 0.5) is 5.00 Å². The van der Waals surface area contributed by atoms with E-state index in [1.807, 2.05) is 38.3 Å². The monoisotopic (exact) mass is 359 g/mol. The second-order valence-corrected chi connectivity index (χ2v) is 8.37. The van der Waals surface area contributed by atoms with Gasteiger partial charge in [-0.15, -0.1) is 22.7 Å². The molecule has 2 heterocycles.